The molecule has 0 aliphatic carbocycles. The van der Waals surface area contributed by atoms with E-state index in [9.17, 15) is 0 Å². The number of likely N-dealkylation sites (N-methyl/N-ethyl adjacent to an activating group) is 1. The number of nitrogens with two attached hydrogens (primary N) is 1. The van der Waals surface area contributed by atoms with Crippen molar-refractivity contribution >= 4 is 15.9 Å². The van der Waals surface area contributed by atoms with Crippen LogP contribution in [0.4, 0.5) is 0 Å². The standard InChI is InChI=1S/C10H15BrN2/c1-13(8-12)7-6-9-2-4-10(11)5-3-9/h2-5H,6-8,12H2,1H3. The van der Waals surface area contributed by atoms with E-state index >= 15 is 0 Å². The number of nitrogens with zero attached hydrogens (tertiary/aromatic N) is 1. The van der Waals surface area contributed by atoms with E-state index in [1.807, 2.05) is 7.05 Å². The van der Waals surface area contributed by atoms with Crippen LogP contribution in [0.3, 0.4) is 0 Å². The van der Waals surface area contributed by atoms with Gasteiger partial charge in [-0.2, -0.15) is 0 Å². The Bertz CT molecular complexity index is 246. The third-order valence-electron chi connectivity index (χ3n) is 2.01. The first-order chi connectivity index (χ1) is 6.22. The molecule has 2 nitrogen and oxygen atoms in total. The van der Waals surface area contributed by atoms with Crippen molar-refractivity contribution in [2.24, 2.45) is 5.73 Å². The predicted molar refractivity (Wildman–Crippen MR) is 59.5 cm³/mol. The zero-order valence-corrected chi connectivity index (χ0v) is 9.42. The third kappa shape index (κ3) is 3.89. The van der Waals surface area contributed by atoms with Gasteiger partial charge in [0.2, 0.25) is 0 Å². The second-order valence-corrected chi connectivity index (χ2v) is 4.05. The molecule has 72 valence electrons. The lowest BCUT2D eigenvalue weighted by Crippen LogP contribution is -2.27. The first-order valence-corrected chi connectivity index (χ1v) is 5.14. The van der Waals surface area contributed by atoms with Crippen molar-refractivity contribution in [2.45, 2.75) is 6.42 Å². The van der Waals surface area contributed by atoms with Gasteiger partial charge in [-0.25, -0.2) is 0 Å². The summed E-state index contributed by atoms with van der Waals surface area (Å²) in [7, 11) is 2.03. The van der Waals surface area contributed by atoms with E-state index in [-0.39, 0.29) is 0 Å². The Labute approximate surface area is 87.9 Å². The Morgan fingerprint density at radius 2 is 1.92 bits per heavy atom. The van der Waals surface area contributed by atoms with Crippen LogP contribution < -0.4 is 5.73 Å². The molecule has 0 spiro atoms. The van der Waals surface area contributed by atoms with Crippen LogP contribution in [0.1, 0.15) is 5.56 Å². The van der Waals surface area contributed by atoms with Gasteiger partial charge in [0, 0.05) is 17.7 Å². The summed E-state index contributed by atoms with van der Waals surface area (Å²) in [6.07, 6.45) is 1.06. The van der Waals surface area contributed by atoms with Gasteiger partial charge in [-0.3, -0.25) is 4.90 Å². The fraction of sp³-hybridized carbons (Fsp3) is 0.400. The van der Waals surface area contributed by atoms with Gasteiger partial charge in [0.1, 0.15) is 0 Å². The topological polar surface area (TPSA) is 29.3 Å². The van der Waals surface area contributed by atoms with Gasteiger partial charge in [-0.15, -0.1) is 0 Å². The first-order valence-electron chi connectivity index (χ1n) is 4.35. The first kappa shape index (κ1) is 10.7. The number of hydrogen-bond donors (Lipinski definition) is 1. The summed E-state index contributed by atoms with van der Waals surface area (Å²) in [6, 6.07) is 8.40. The highest BCUT2D eigenvalue weighted by Gasteiger charge is 1.96. The number of halogens is 1. The molecule has 2 N–H and O–H groups in total. The molecule has 0 aliphatic heterocycles. The second-order valence-electron chi connectivity index (χ2n) is 3.14. The Balaban J connectivity index is 2.41. The van der Waals surface area contributed by atoms with Crippen LogP contribution in [0.15, 0.2) is 28.7 Å². The Morgan fingerprint density at radius 1 is 1.31 bits per heavy atom. The molecule has 0 unspecified atom stereocenters. The largest absolute Gasteiger partial charge is 0.318 e. The third-order valence-corrected chi connectivity index (χ3v) is 2.54. The summed E-state index contributed by atoms with van der Waals surface area (Å²) in [6.45, 7) is 1.63. The molecule has 0 heterocycles. The molecule has 0 aliphatic rings. The van der Waals surface area contributed by atoms with Crippen molar-refractivity contribution in [1.29, 1.82) is 0 Å². The van der Waals surface area contributed by atoms with E-state index in [1.54, 1.807) is 0 Å². The SMILES string of the molecule is CN(CN)CCc1ccc(Br)cc1. The van der Waals surface area contributed by atoms with Crippen molar-refractivity contribution in [3.63, 3.8) is 0 Å². The van der Waals surface area contributed by atoms with E-state index in [1.165, 1.54) is 5.56 Å². The van der Waals surface area contributed by atoms with Crippen LogP contribution in [0.2, 0.25) is 0 Å². The molecule has 3 heteroatoms. The summed E-state index contributed by atoms with van der Waals surface area (Å²) in [5, 5.41) is 0. The molecule has 0 atom stereocenters. The van der Waals surface area contributed by atoms with Gasteiger partial charge in [-0.05, 0) is 31.2 Å². The van der Waals surface area contributed by atoms with Crippen LogP contribution in [-0.2, 0) is 6.42 Å². The normalized spacial score (nSPS) is 10.8. The van der Waals surface area contributed by atoms with Gasteiger partial charge < -0.3 is 5.73 Å². The molecular weight excluding hydrogens is 228 g/mol. The van der Waals surface area contributed by atoms with Crippen LogP contribution in [0, 0.1) is 0 Å². The molecule has 0 aromatic heterocycles. The lowest BCUT2D eigenvalue weighted by Gasteiger charge is -2.12. The highest BCUT2D eigenvalue weighted by atomic mass is 79.9. The maximum Gasteiger partial charge on any atom is 0.0452 e. The van der Waals surface area contributed by atoms with Crippen molar-refractivity contribution in [2.75, 3.05) is 20.3 Å². The molecule has 0 saturated heterocycles. The van der Waals surface area contributed by atoms with Crippen LogP contribution in [0.5, 0.6) is 0 Å². The lowest BCUT2D eigenvalue weighted by molar-refractivity contribution is 0.349. The van der Waals surface area contributed by atoms with Gasteiger partial charge in [-0.1, -0.05) is 28.1 Å². The summed E-state index contributed by atoms with van der Waals surface area (Å²) < 4.78 is 1.13. The lowest BCUT2D eigenvalue weighted by atomic mass is 10.1. The summed E-state index contributed by atoms with van der Waals surface area (Å²) in [5.74, 6) is 0. The molecular formula is C10H15BrN2. The Kier molecular flexibility index (Phi) is 4.42. The monoisotopic (exact) mass is 242 g/mol. The van der Waals surface area contributed by atoms with E-state index in [4.69, 9.17) is 5.73 Å². The van der Waals surface area contributed by atoms with E-state index in [2.05, 4.69) is 45.1 Å². The highest BCUT2D eigenvalue weighted by molar-refractivity contribution is 9.10. The number of benzene rings is 1. The molecule has 0 bridgehead atoms. The minimum absolute atomic E-state index is 0.622. The van der Waals surface area contributed by atoms with Crippen LogP contribution in [0.25, 0.3) is 0 Å². The van der Waals surface area contributed by atoms with Crippen molar-refractivity contribution < 1.29 is 0 Å². The van der Waals surface area contributed by atoms with Gasteiger partial charge >= 0.3 is 0 Å². The van der Waals surface area contributed by atoms with Crippen molar-refractivity contribution in [3.8, 4) is 0 Å². The minimum Gasteiger partial charge on any atom is -0.318 e. The quantitative estimate of drug-likeness (QED) is 0.817. The minimum atomic E-state index is 0.622. The molecule has 1 aromatic rings. The summed E-state index contributed by atoms with van der Waals surface area (Å²) >= 11 is 3.41. The predicted octanol–water partition coefficient (Wildman–Crippen LogP) is 1.84. The Hall–Kier alpha value is -0.380. The van der Waals surface area contributed by atoms with Gasteiger partial charge in [0.05, 0.1) is 0 Å². The average molecular weight is 243 g/mol. The average Bonchev–Trinajstić information content (AvgIpc) is 2.16. The highest BCUT2D eigenvalue weighted by Crippen LogP contribution is 2.10. The fourth-order valence-corrected chi connectivity index (χ4v) is 1.33. The van der Waals surface area contributed by atoms with Crippen LogP contribution in [-0.4, -0.2) is 25.2 Å². The second kappa shape index (κ2) is 5.37. The molecule has 0 amide bonds. The molecule has 0 fully saturated rings. The number of rotatable bonds is 4. The molecule has 0 saturated carbocycles. The molecule has 1 rings (SSSR count). The maximum absolute atomic E-state index is 5.48. The molecule has 1 aromatic carbocycles. The van der Waals surface area contributed by atoms with Crippen LogP contribution >= 0.6 is 15.9 Å². The van der Waals surface area contributed by atoms with E-state index < -0.39 is 0 Å². The van der Waals surface area contributed by atoms with E-state index in [0.29, 0.717) is 6.67 Å². The maximum atomic E-state index is 5.48. The Morgan fingerprint density at radius 3 is 2.46 bits per heavy atom. The zero-order valence-electron chi connectivity index (χ0n) is 7.83. The van der Waals surface area contributed by atoms with Gasteiger partial charge in [0.15, 0.2) is 0 Å². The fourth-order valence-electron chi connectivity index (χ4n) is 1.06. The molecule has 0 radical (unpaired) electrons. The smallest absolute Gasteiger partial charge is 0.0452 e. The summed E-state index contributed by atoms with van der Waals surface area (Å²) in [4.78, 5) is 2.10. The van der Waals surface area contributed by atoms with Gasteiger partial charge in [0.25, 0.3) is 0 Å². The number of hydrogen-bond acceptors (Lipinski definition) is 2. The van der Waals surface area contributed by atoms with Crippen molar-refractivity contribution in [1.82, 2.24) is 4.90 Å². The molecule has 13 heavy (non-hydrogen) atoms. The van der Waals surface area contributed by atoms with Crippen molar-refractivity contribution in [3.05, 3.63) is 34.3 Å². The zero-order chi connectivity index (χ0) is 9.68. The van der Waals surface area contributed by atoms with E-state index in [0.717, 1.165) is 17.4 Å². The summed E-state index contributed by atoms with van der Waals surface area (Å²) in [5.41, 5.74) is 6.83.